The van der Waals surface area contributed by atoms with E-state index >= 15 is 0 Å². The Morgan fingerprint density at radius 2 is 0.933 bits per heavy atom. The summed E-state index contributed by atoms with van der Waals surface area (Å²) in [6, 6.07) is 61.4. The zero-order valence-corrected chi connectivity index (χ0v) is 25.3. The highest BCUT2D eigenvalue weighted by molar-refractivity contribution is 7.26. The molecular weight excluding hydrogens is 565 g/mol. The smallest absolute Gasteiger partial charge is 0.0554 e. The molecule has 2 nitrogen and oxygen atoms in total. The van der Waals surface area contributed by atoms with E-state index in [1.807, 2.05) is 11.3 Å². The first-order valence-electron chi connectivity index (χ1n) is 15.3. The summed E-state index contributed by atoms with van der Waals surface area (Å²) >= 11 is 1.86. The van der Waals surface area contributed by atoms with Crippen molar-refractivity contribution in [3.05, 3.63) is 170 Å². The van der Waals surface area contributed by atoms with E-state index in [4.69, 9.17) is 0 Å². The highest BCUT2D eigenvalue weighted by Crippen LogP contribution is 2.45. The van der Waals surface area contributed by atoms with Crippen LogP contribution in [-0.4, -0.2) is 4.57 Å². The molecule has 0 N–H and O–H groups in total. The Balaban J connectivity index is 1.23. The molecular formula is C42H28N2S. The number of para-hydroxylation sites is 2. The van der Waals surface area contributed by atoms with E-state index in [0.29, 0.717) is 0 Å². The lowest BCUT2D eigenvalue weighted by Crippen LogP contribution is -2.10. The molecule has 2 heterocycles. The van der Waals surface area contributed by atoms with Crippen molar-refractivity contribution in [3.63, 3.8) is 0 Å². The van der Waals surface area contributed by atoms with Gasteiger partial charge in [-0.2, -0.15) is 0 Å². The van der Waals surface area contributed by atoms with Crippen LogP contribution in [0.5, 0.6) is 0 Å². The Morgan fingerprint density at radius 3 is 1.62 bits per heavy atom. The molecule has 0 radical (unpaired) electrons. The molecule has 0 amide bonds. The number of hydrogen-bond donors (Lipinski definition) is 0. The van der Waals surface area contributed by atoms with Crippen molar-refractivity contribution in [1.82, 2.24) is 4.57 Å². The second-order valence-electron chi connectivity index (χ2n) is 11.4. The quantitative estimate of drug-likeness (QED) is 0.193. The Kier molecular flexibility index (Phi) is 6.03. The zero-order chi connectivity index (χ0) is 29.7. The third-order valence-electron chi connectivity index (χ3n) is 8.80. The van der Waals surface area contributed by atoms with Crippen LogP contribution in [0.2, 0.25) is 0 Å². The maximum absolute atomic E-state index is 2.41. The monoisotopic (exact) mass is 592 g/mol. The number of rotatable bonds is 5. The van der Waals surface area contributed by atoms with Crippen molar-refractivity contribution in [1.29, 1.82) is 0 Å². The molecule has 0 spiro atoms. The lowest BCUT2D eigenvalue weighted by atomic mass is 10.0. The third-order valence-corrected chi connectivity index (χ3v) is 9.94. The maximum atomic E-state index is 2.41. The van der Waals surface area contributed by atoms with Gasteiger partial charge in [0.05, 0.1) is 16.7 Å². The topological polar surface area (TPSA) is 8.17 Å². The second kappa shape index (κ2) is 10.5. The number of fused-ring (bicyclic) bond motifs is 6. The molecule has 7 aromatic carbocycles. The van der Waals surface area contributed by atoms with Gasteiger partial charge in [-0.15, -0.1) is 11.3 Å². The molecule has 9 rings (SSSR count). The molecule has 9 aromatic rings. The first-order chi connectivity index (χ1) is 22.3. The molecule has 0 saturated carbocycles. The van der Waals surface area contributed by atoms with Gasteiger partial charge in [-0.05, 0) is 77.9 Å². The Morgan fingerprint density at radius 1 is 0.400 bits per heavy atom. The maximum Gasteiger partial charge on any atom is 0.0554 e. The summed E-state index contributed by atoms with van der Waals surface area (Å²) in [5.74, 6) is 0. The van der Waals surface area contributed by atoms with E-state index in [0.717, 1.165) is 17.1 Å². The van der Waals surface area contributed by atoms with Gasteiger partial charge in [0.2, 0.25) is 0 Å². The molecule has 3 heteroatoms. The van der Waals surface area contributed by atoms with Crippen molar-refractivity contribution in [2.24, 2.45) is 0 Å². The van der Waals surface area contributed by atoms with Crippen molar-refractivity contribution in [2.45, 2.75) is 0 Å². The van der Waals surface area contributed by atoms with Crippen LogP contribution in [0, 0.1) is 0 Å². The SMILES string of the molecule is c1ccc(-c2ccc(N(c3ccc(-n4c5ccccc5c5ccccc54)cc3)c3cccc4sc5ccccc5c34)cc2)cc1. The number of thiophene rings is 1. The molecule has 0 atom stereocenters. The van der Waals surface area contributed by atoms with E-state index in [2.05, 4.69) is 179 Å². The molecule has 0 saturated heterocycles. The highest BCUT2D eigenvalue weighted by Gasteiger charge is 2.19. The number of nitrogens with zero attached hydrogens (tertiary/aromatic N) is 2. The fourth-order valence-corrected chi connectivity index (χ4v) is 7.88. The first-order valence-corrected chi connectivity index (χ1v) is 16.1. The van der Waals surface area contributed by atoms with Crippen LogP contribution >= 0.6 is 11.3 Å². The Labute approximate surface area is 265 Å². The Hall–Kier alpha value is -5.64. The minimum absolute atomic E-state index is 1.12. The summed E-state index contributed by atoms with van der Waals surface area (Å²) in [6.07, 6.45) is 0. The molecule has 0 bridgehead atoms. The van der Waals surface area contributed by atoms with Crippen molar-refractivity contribution in [3.8, 4) is 16.8 Å². The van der Waals surface area contributed by atoms with Crippen LogP contribution in [0.4, 0.5) is 17.1 Å². The second-order valence-corrected chi connectivity index (χ2v) is 12.5. The first kappa shape index (κ1) is 25.8. The fourth-order valence-electron chi connectivity index (χ4n) is 6.75. The van der Waals surface area contributed by atoms with Crippen LogP contribution in [0.1, 0.15) is 0 Å². The largest absolute Gasteiger partial charge is 0.310 e. The van der Waals surface area contributed by atoms with Gasteiger partial charge in [0.1, 0.15) is 0 Å². The lowest BCUT2D eigenvalue weighted by molar-refractivity contribution is 1.17. The van der Waals surface area contributed by atoms with Gasteiger partial charge in [-0.25, -0.2) is 0 Å². The van der Waals surface area contributed by atoms with Crippen LogP contribution < -0.4 is 4.90 Å². The minimum Gasteiger partial charge on any atom is -0.310 e. The van der Waals surface area contributed by atoms with Gasteiger partial charge in [-0.3, -0.25) is 0 Å². The fraction of sp³-hybridized carbons (Fsp3) is 0. The van der Waals surface area contributed by atoms with Crippen LogP contribution in [0.15, 0.2) is 170 Å². The van der Waals surface area contributed by atoms with Crippen molar-refractivity contribution < 1.29 is 0 Å². The van der Waals surface area contributed by atoms with Crippen LogP contribution in [-0.2, 0) is 0 Å². The van der Waals surface area contributed by atoms with E-state index < -0.39 is 0 Å². The summed E-state index contributed by atoms with van der Waals surface area (Å²) in [7, 11) is 0. The molecule has 212 valence electrons. The van der Waals surface area contributed by atoms with Crippen molar-refractivity contribution in [2.75, 3.05) is 4.90 Å². The van der Waals surface area contributed by atoms with Crippen LogP contribution in [0.25, 0.3) is 58.8 Å². The number of benzene rings is 7. The summed E-state index contributed by atoms with van der Waals surface area (Å²) in [6.45, 7) is 0. The molecule has 0 fully saturated rings. The van der Waals surface area contributed by atoms with Gasteiger partial charge >= 0.3 is 0 Å². The predicted octanol–water partition coefficient (Wildman–Crippen LogP) is 12.3. The van der Waals surface area contributed by atoms with Gasteiger partial charge in [0.25, 0.3) is 0 Å². The summed E-state index contributed by atoms with van der Waals surface area (Å²) in [4.78, 5) is 2.41. The molecule has 45 heavy (non-hydrogen) atoms. The molecule has 0 aliphatic heterocycles. The van der Waals surface area contributed by atoms with E-state index in [1.165, 1.54) is 58.8 Å². The zero-order valence-electron chi connectivity index (χ0n) is 24.5. The van der Waals surface area contributed by atoms with E-state index in [9.17, 15) is 0 Å². The third kappa shape index (κ3) is 4.24. The molecule has 0 unspecified atom stereocenters. The van der Waals surface area contributed by atoms with Gasteiger partial charge in [0.15, 0.2) is 0 Å². The van der Waals surface area contributed by atoms with E-state index in [1.54, 1.807) is 0 Å². The van der Waals surface area contributed by atoms with Crippen molar-refractivity contribution >= 4 is 70.4 Å². The summed E-state index contributed by atoms with van der Waals surface area (Å²) < 4.78 is 4.98. The number of anilines is 3. The Bertz CT molecular complexity index is 2420. The standard InChI is InChI=1S/C42H28N2S/c1-2-11-29(12-3-1)30-21-23-31(24-22-30)43(39-18-10-20-41-42(39)36-15-6-9-19-40(36)45-41)32-25-27-33(28-26-32)44-37-16-7-4-13-34(37)35-14-5-8-17-38(35)44/h1-28H. The summed E-state index contributed by atoms with van der Waals surface area (Å²) in [5, 5.41) is 5.12. The van der Waals surface area contributed by atoms with Gasteiger partial charge < -0.3 is 9.47 Å². The predicted molar refractivity (Wildman–Crippen MR) is 194 cm³/mol. The number of hydrogen-bond acceptors (Lipinski definition) is 2. The molecule has 0 aliphatic rings. The van der Waals surface area contributed by atoms with Gasteiger partial charge in [0, 0.05) is 48.0 Å². The average molecular weight is 593 g/mol. The highest BCUT2D eigenvalue weighted by atomic mass is 32.1. The number of aromatic nitrogens is 1. The lowest BCUT2D eigenvalue weighted by Gasteiger charge is -2.27. The van der Waals surface area contributed by atoms with E-state index in [-0.39, 0.29) is 0 Å². The summed E-state index contributed by atoms with van der Waals surface area (Å²) in [5.41, 5.74) is 9.44. The average Bonchev–Trinajstić information content (AvgIpc) is 3.66. The molecule has 2 aromatic heterocycles. The molecule has 0 aliphatic carbocycles. The normalized spacial score (nSPS) is 11.6. The minimum atomic E-state index is 1.12. The van der Waals surface area contributed by atoms with Crippen LogP contribution in [0.3, 0.4) is 0 Å². The van der Waals surface area contributed by atoms with Gasteiger partial charge in [-0.1, -0.05) is 103 Å².